The van der Waals surface area contributed by atoms with Crippen LogP contribution in [0, 0.1) is 10.1 Å². The van der Waals surface area contributed by atoms with Crippen LogP contribution in [0.25, 0.3) is 11.3 Å². The summed E-state index contributed by atoms with van der Waals surface area (Å²) in [7, 11) is 0. The number of non-ortho nitro benzene ring substituents is 1. The van der Waals surface area contributed by atoms with Crippen LogP contribution in [0.2, 0.25) is 0 Å². The number of rotatable bonds is 5. The van der Waals surface area contributed by atoms with Crippen LogP contribution in [0.4, 0.5) is 5.69 Å². The molecule has 6 nitrogen and oxygen atoms in total. The third-order valence-electron chi connectivity index (χ3n) is 2.87. The molecule has 2 aromatic rings. The lowest BCUT2D eigenvalue weighted by Crippen LogP contribution is -1.99. The lowest BCUT2D eigenvalue weighted by Gasteiger charge is -2.00. The average molecular weight is 306 g/mol. The number of carboxylic acids is 1. The molecule has 21 heavy (non-hydrogen) atoms. The van der Waals surface area contributed by atoms with Crippen molar-refractivity contribution in [2.45, 2.75) is 26.2 Å². The summed E-state index contributed by atoms with van der Waals surface area (Å²) in [6.07, 6.45) is -0.100. The average Bonchev–Trinajstić information content (AvgIpc) is 2.82. The van der Waals surface area contributed by atoms with Gasteiger partial charge in [-0.3, -0.25) is 14.9 Å². The molecule has 1 aromatic heterocycles. The number of carboxylic acid groups (broad SMARTS) is 1. The molecular formula is C14H14N2O4S. The maximum atomic E-state index is 11.0. The molecule has 0 unspecified atom stereocenters. The second-order valence-electron chi connectivity index (χ2n) is 4.85. The molecule has 7 heteroatoms. The van der Waals surface area contributed by atoms with Gasteiger partial charge in [0.2, 0.25) is 0 Å². The lowest BCUT2D eigenvalue weighted by atomic mass is 10.1. The zero-order chi connectivity index (χ0) is 15.6. The first-order valence-electron chi connectivity index (χ1n) is 6.34. The Kier molecular flexibility index (Phi) is 4.32. The van der Waals surface area contributed by atoms with Crippen LogP contribution in [-0.4, -0.2) is 21.0 Å². The van der Waals surface area contributed by atoms with Crippen molar-refractivity contribution in [1.82, 2.24) is 4.98 Å². The predicted octanol–water partition coefficient (Wildman–Crippen LogP) is 3.47. The van der Waals surface area contributed by atoms with Crippen LogP contribution in [-0.2, 0) is 11.2 Å². The molecule has 1 aromatic carbocycles. The van der Waals surface area contributed by atoms with E-state index in [1.807, 2.05) is 13.8 Å². The molecule has 0 aliphatic heterocycles. The van der Waals surface area contributed by atoms with Crippen LogP contribution in [0.3, 0.4) is 0 Å². The minimum atomic E-state index is -0.919. The Balaban J connectivity index is 2.45. The zero-order valence-corrected chi connectivity index (χ0v) is 12.4. The van der Waals surface area contributed by atoms with Crippen molar-refractivity contribution in [3.8, 4) is 11.3 Å². The van der Waals surface area contributed by atoms with Gasteiger partial charge in [-0.15, -0.1) is 11.3 Å². The van der Waals surface area contributed by atoms with E-state index in [0.717, 1.165) is 5.01 Å². The molecule has 110 valence electrons. The third-order valence-corrected chi connectivity index (χ3v) is 4.23. The normalized spacial score (nSPS) is 10.8. The number of hydrogen-bond acceptors (Lipinski definition) is 5. The highest BCUT2D eigenvalue weighted by molar-refractivity contribution is 7.12. The van der Waals surface area contributed by atoms with Gasteiger partial charge in [0.1, 0.15) is 0 Å². The molecule has 0 fully saturated rings. The first kappa shape index (κ1) is 15.1. The number of nitrogens with zero attached hydrogens (tertiary/aromatic N) is 2. The van der Waals surface area contributed by atoms with Crippen molar-refractivity contribution in [1.29, 1.82) is 0 Å². The van der Waals surface area contributed by atoms with Crippen molar-refractivity contribution in [3.05, 3.63) is 44.3 Å². The summed E-state index contributed by atoms with van der Waals surface area (Å²) in [5.41, 5.74) is 1.29. The summed E-state index contributed by atoms with van der Waals surface area (Å²) in [6, 6.07) is 5.99. The maximum absolute atomic E-state index is 11.0. The van der Waals surface area contributed by atoms with Crippen LogP contribution in [0.5, 0.6) is 0 Å². The van der Waals surface area contributed by atoms with Gasteiger partial charge < -0.3 is 5.11 Å². The Bertz CT molecular complexity index is 677. The van der Waals surface area contributed by atoms with Gasteiger partial charge in [0, 0.05) is 28.5 Å². The number of carbonyl (C=O) groups is 1. The van der Waals surface area contributed by atoms with E-state index in [1.165, 1.54) is 23.5 Å². The Morgan fingerprint density at radius 3 is 2.48 bits per heavy atom. The first-order valence-corrected chi connectivity index (χ1v) is 7.16. The van der Waals surface area contributed by atoms with Crippen molar-refractivity contribution in [3.63, 3.8) is 0 Å². The number of hydrogen-bond donors (Lipinski definition) is 1. The van der Waals surface area contributed by atoms with Crippen molar-refractivity contribution >= 4 is 23.0 Å². The molecule has 0 amide bonds. The highest BCUT2D eigenvalue weighted by atomic mass is 32.1. The zero-order valence-electron chi connectivity index (χ0n) is 11.6. The number of aromatic nitrogens is 1. The van der Waals surface area contributed by atoms with Crippen LogP contribution in [0.1, 0.15) is 29.7 Å². The summed E-state index contributed by atoms with van der Waals surface area (Å²) in [5.74, 6) is -0.716. The molecule has 1 heterocycles. The Labute approximate surface area is 125 Å². The molecule has 0 radical (unpaired) electrons. The van der Waals surface area contributed by atoms with E-state index in [-0.39, 0.29) is 18.0 Å². The fraction of sp³-hybridized carbons (Fsp3) is 0.286. The molecule has 0 aliphatic carbocycles. The van der Waals surface area contributed by atoms with Crippen LogP contribution >= 0.6 is 11.3 Å². The topological polar surface area (TPSA) is 93.3 Å². The van der Waals surface area contributed by atoms with E-state index in [2.05, 4.69) is 4.98 Å². The quantitative estimate of drug-likeness (QED) is 0.674. The van der Waals surface area contributed by atoms with Gasteiger partial charge in [0.05, 0.1) is 22.0 Å². The van der Waals surface area contributed by atoms with Crippen molar-refractivity contribution < 1.29 is 14.8 Å². The number of aliphatic carboxylic acids is 1. The summed E-state index contributed by atoms with van der Waals surface area (Å²) >= 11 is 1.38. The second kappa shape index (κ2) is 6.01. The van der Waals surface area contributed by atoms with Gasteiger partial charge in [-0.2, -0.15) is 0 Å². The Hall–Kier alpha value is -2.28. The number of nitro benzene ring substituents is 1. The van der Waals surface area contributed by atoms with E-state index in [0.29, 0.717) is 16.1 Å². The van der Waals surface area contributed by atoms with Gasteiger partial charge in [0.25, 0.3) is 5.69 Å². The van der Waals surface area contributed by atoms with E-state index in [1.54, 1.807) is 12.1 Å². The summed E-state index contributed by atoms with van der Waals surface area (Å²) in [5, 5.41) is 20.5. The predicted molar refractivity (Wildman–Crippen MR) is 79.6 cm³/mol. The fourth-order valence-corrected chi connectivity index (χ4v) is 2.92. The minimum absolute atomic E-state index is 0.00199. The largest absolute Gasteiger partial charge is 0.481 e. The molecule has 0 spiro atoms. The second-order valence-corrected chi connectivity index (χ2v) is 5.97. The third kappa shape index (κ3) is 3.43. The highest BCUT2D eigenvalue weighted by Gasteiger charge is 2.18. The Morgan fingerprint density at radius 1 is 1.38 bits per heavy atom. The molecule has 0 saturated carbocycles. The molecule has 0 aliphatic rings. The number of thiazole rings is 1. The summed E-state index contributed by atoms with van der Waals surface area (Å²) in [6.45, 7) is 3.98. The monoisotopic (exact) mass is 306 g/mol. The summed E-state index contributed by atoms with van der Waals surface area (Å²) in [4.78, 5) is 26.3. The Morgan fingerprint density at radius 2 is 2.00 bits per heavy atom. The van der Waals surface area contributed by atoms with Gasteiger partial charge >= 0.3 is 5.97 Å². The van der Waals surface area contributed by atoms with Crippen molar-refractivity contribution in [2.75, 3.05) is 0 Å². The molecule has 0 saturated heterocycles. The first-order chi connectivity index (χ1) is 9.88. The van der Waals surface area contributed by atoms with E-state index in [4.69, 9.17) is 5.11 Å². The van der Waals surface area contributed by atoms with E-state index < -0.39 is 10.9 Å². The lowest BCUT2D eigenvalue weighted by molar-refractivity contribution is -0.384. The number of benzene rings is 1. The van der Waals surface area contributed by atoms with Crippen LogP contribution in [0.15, 0.2) is 24.3 Å². The smallest absolute Gasteiger partial charge is 0.308 e. The molecular weight excluding hydrogens is 292 g/mol. The van der Waals surface area contributed by atoms with E-state index in [9.17, 15) is 14.9 Å². The fourth-order valence-electron chi connectivity index (χ4n) is 1.84. The van der Waals surface area contributed by atoms with Crippen molar-refractivity contribution in [2.24, 2.45) is 0 Å². The van der Waals surface area contributed by atoms with Gasteiger partial charge in [0.15, 0.2) is 0 Å². The molecule has 0 bridgehead atoms. The number of nitro groups is 1. The maximum Gasteiger partial charge on any atom is 0.308 e. The minimum Gasteiger partial charge on any atom is -0.481 e. The molecule has 0 atom stereocenters. The van der Waals surface area contributed by atoms with E-state index >= 15 is 0 Å². The highest BCUT2D eigenvalue weighted by Crippen LogP contribution is 2.32. The SMILES string of the molecule is CC(C)c1nc(-c2ccc([N+](=O)[O-])cc2)c(CC(=O)O)s1. The standard InChI is InChI=1S/C14H14N2O4S/c1-8(2)14-15-13(11(21-14)7-12(17)18)9-3-5-10(6-4-9)16(19)20/h3-6,8H,7H2,1-2H3,(H,17,18). The molecule has 1 N–H and O–H groups in total. The van der Waals surface area contributed by atoms with Crippen LogP contribution < -0.4 is 0 Å². The molecule has 2 rings (SSSR count). The van der Waals surface area contributed by atoms with Gasteiger partial charge in [-0.25, -0.2) is 4.98 Å². The van der Waals surface area contributed by atoms with Gasteiger partial charge in [-0.05, 0) is 12.1 Å². The van der Waals surface area contributed by atoms with Gasteiger partial charge in [-0.1, -0.05) is 13.8 Å². The summed E-state index contributed by atoms with van der Waals surface area (Å²) < 4.78 is 0.